The van der Waals surface area contributed by atoms with E-state index in [1.165, 1.54) is 12.8 Å². The fourth-order valence-corrected chi connectivity index (χ4v) is 2.31. The third-order valence-electron chi connectivity index (χ3n) is 3.65. The normalized spacial score (nSPS) is 22.1. The molecule has 1 amide bonds. The molecule has 0 aromatic carbocycles. The minimum absolute atomic E-state index is 0.120. The van der Waals surface area contributed by atoms with E-state index in [1.54, 1.807) is 0 Å². The van der Waals surface area contributed by atoms with Crippen molar-refractivity contribution in [2.24, 2.45) is 11.3 Å². The quantitative estimate of drug-likeness (QED) is 0.441. The van der Waals surface area contributed by atoms with E-state index in [4.69, 9.17) is 10.6 Å². The molecule has 1 aliphatic carbocycles. The van der Waals surface area contributed by atoms with Crippen molar-refractivity contribution in [3.63, 3.8) is 0 Å². The number of amides is 1. The Morgan fingerprint density at radius 2 is 2.06 bits per heavy atom. The summed E-state index contributed by atoms with van der Waals surface area (Å²) in [5.41, 5.74) is 2.61. The molecule has 1 atom stereocenters. The molecule has 0 aliphatic heterocycles. The van der Waals surface area contributed by atoms with Crippen LogP contribution in [0.5, 0.6) is 0 Å². The highest BCUT2D eigenvalue weighted by Gasteiger charge is 2.28. The van der Waals surface area contributed by atoms with E-state index in [-0.39, 0.29) is 12.0 Å². The molecule has 0 heterocycles. The van der Waals surface area contributed by atoms with Crippen molar-refractivity contribution in [1.82, 2.24) is 5.43 Å². The van der Waals surface area contributed by atoms with Crippen molar-refractivity contribution >= 4 is 5.91 Å². The van der Waals surface area contributed by atoms with E-state index in [0.717, 1.165) is 19.3 Å². The molecule has 0 radical (unpaired) electrons. The molecule has 0 saturated heterocycles. The van der Waals surface area contributed by atoms with Crippen LogP contribution in [-0.2, 0) is 9.53 Å². The first-order chi connectivity index (χ1) is 7.93. The number of hydrogen-bond donors (Lipinski definition) is 2. The van der Waals surface area contributed by atoms with Gasteiger partial charge in [0, 0.05) is 6.42 Å². The van der Waals surface area contributed by atoms with Crippen LogP contribution < -0.4 is 11.3 Å². The van der Waals surface area contributed by atoms with E-state index < -0.39 is 0 Å². The average Bonchev–Trinajstić information content (AvgIpc) is 2.29. The summed E-state index contributed by atoms with van der Waals surface area (Å²) in [7, 11) is 0. The summed E-state index contributed by atoms with van der Waals surface area (Å²) in [4.78, 5) is 11.0. The molecule has 1 rings (SSSR count). The van der Waals surface area contributed by atoms with Crippen molar-refractivity contribution in [2.45, 2.75) is 71.5 Å². The van der Waals surface area contributed by atoms with Crippen molar-refractivity contribution in [3.8, 4) is 0 Å². The van der Waals surface area contributed by atoms with Gasteiger partial charge in [0.1, 0.15) is 0 Å². The van der Waals surface area contributed by atoms with Crippen LogP contribution in [0.2, 0.25) is 0 Å². The van der Waals surface area contributed by atoms with Gasteiger partial charge in [0.2, 0.25) is 5.91 Å². The number of hydrogen-bond acceptors (Lipinski definition) is 3. The standard InChI is InChI=1S/C13H26N2O2/c1-10(4-5-12(16)15-14)17-11-6-8-13(2,3)9-7-11/h10-11H,4-9,14H2,1-3H3,(H,15,16). The second kappa shape index (κ2) is 6.36. The highest BCUT2D eigenvalue weighted by molar-refractivity contribution is 5.75. The highest BCUT2D eigenvalue weighted by atomic mass is 16.5. The van der Waals surface area contributed by atoms with Gasteiger partial charge >= 0.3 is 0 Å². The molecule has 1 unspecified atom stereocenters. The van der Waals surface area contributed by atoms with Gasteiger partial charge in [0.25, 0.3) is 0 Å². The molecule has 4 nitrogen and oxygen atoms in total. The van der Waals surface area contributed by atoms with Gasteiger partial charge in [0.05, 0.1) is 12.2 Å². The first kappa shape index (κ1) is 14.5. The van der Waals surface area contributed by atoms with Gasteiger partial charge < -0.3 is 4.74 Å². The summed E-state index contributed by atoms with van der Waals surface area (Å²) >= 11 is 0. The first-order valence-electron chi connectivity index (χ1n) is 6.58. The maximum Gasteiger partial charge on any atom is 0.233 e. The molecule has 0 aromatic rings. The van der Waals surface area contributed by atoms with E-state index in [1.807, 2.05) is 6.92 Å². The predicted octanol–water partition coefficient (Wildman–Crippen LogP) is 2.13. The fourth-order valence-electron chi connectivity index (χ4n) is 2.31. The van der Waals surface area contributed by atoms with Crippen molar-refractivity contribution < 1.29 is 9.53 Å². The van der Waals surface area contributed by atoms with Crippen molar-refractivity contribution in [3.05, 3.63) is 0 Å². The minimum Gasteiger partial charge on any atom is -0.375 e. The highest BCUT2D eigenvalue weighted by Crippen LogP contribution is 2.36. The van der Waals surface area contributed by atoms with Crippen molar-refractivity contribution in [2.75, 3.05) is 0 Å². The van der Waals surface area contributed by atoms with Crippen LogP contribution in [0.4, 0.5) is 0 Å². The first-order valence-corrected chi connectivity index (χ1v) is 6.58. The Morgan fingerprint density at radius 1 is 1.47 bits per heavy atom. The Kier molecular flexibility index (Phi) is 5.40. The number of carbonyl (C=O) groups excluding carboxylic acids is 1. The lowest BCUT2D eigenvalue weighted by Crippen LogP contribution is -2.32. The Balaban J connectivity index is 2.19. The van der Waals surface area contributed by atoms with Crippen LogP contribution >= 0.6 is 0 Å². The molecular weight excluding hydrogens is 216 g/mol. The van der Waals surface area contributed by atoms with E-state index >= 15 is 0 Å². The summed E-state index contributed by atoms with van der Waals surface area (Å²) in [5, 5.41) is 0. The van der Waals surface area contributed by atoms with Gasteiger partial charge in [0.15, 0.2) is 0 Å². The zero-order valence-corrected chi connectivity index (χ0v) is 11.3. The maximum atomic E-state index is 11.0. The van der Waals surface area contributed by atoms with E-state index in [2.05, 4.69) is 19.3 Å². The minimum atomic E-state index is -0.120. The number of carbonyl (C=O) groups is 1. The molecular formula is C13H26N2O2. The van der Waals surface area contributed by atoms with Crippen LogP contribution in [-0.4, -0.2) is 18.1 Å². The van der Waals surface area contributed by atoms with Gasteiger partial charge in [-0.25, -0.2) is 5.84 Å². The zero-order valence-electron chi connectivity index (χ0n) is 11.3. The molecule has 1 aliphatic rings. The molecule has 3 N–H and O–H groups in total. The van der Waals surface area contributed by atoms with Gasteiger partial charge in [-0.3, -0.25) is 10.2 Å². The topological polar surface area (TPSA) is 64.4 Å². The van der Waals surface area contributed by atoms with Crippen LogP contribution in [0.15, 0.2) is 0 Å². The van der Waals surface area contributed by atoms with E-state index in [0.29, 0.717) is 17.9 Å². The largest absolute Gasteiger partial charge is 0.375 e. The smallest absolute Gasteiger partial charge is 0.233 e. The number of nitrogens with one attached hydrogen (secondary N) is 1. The fraction of sp³-hybridized carbons (Fsp3) is 0.923. The zero-order chi connectivity index (χ0) is 12.9. The summed E-state index contributed by atoms with van der Waals surface area (Å²) in [6.07, 6.45) is 6.43. The second-order valence-electron chi connectivity index (χ2n) is 5.92. The lowest BCUT2D eigenvalue weighted by Gasteiger charge is -2.35. The molecule has 100 valence electrons. The van der Waals surface area contributed by atoms with Crippen LogP contribution in [0, 0.1) is 5.41 Å². The third-order valence-corrected chi connectivity index (χ3v) is 3.65. The molecule has 0 aromatic heterocycles. The van der Waals surface area contributed by atoms with Gasteiger partial charge in [-0.2, -0.15) is 0 Å². The van der Waals surface area contributed by atoms with Crippen LogP contribution in [0.3, 0.4) is 0 Å². The second-order valence-corrected chi connectivity index (χ2v) is 5.92. The summed E-state index contributed by atoms with van der Waals surface area (Å²) < 4.78 is 5.96. The number of hydrazine groups is 1. The van der Waals surface area contributed by atoms with Crippen LogP contribution in [0.25, 0.3) is 0 Å². The third kappa shape index (κ3) is 5.50. The Hall–Kier alpha value is -0.610. The SMILES string of the molecule is CC(CCC(=O)NN)OC1CCC(C)(C)CC1. The monoisotopic (exact) mass is 242 g/mol. The maximum absolute atomic E-state index is 11.0. The van der Waals surface area contributed by atoms with Gasteiger partial charge in [-0.1, -0.05) is 13.8 Å². The molecule has 1 fully saturated rings. The molecule has 4 heteroatoms. The Morgan fingerprint density at radius 3 is 2.59 bits per heavy atom. The van der Waals surface area contributed by atoms with E-state index in [9.17, 15) is 4.79 Å². The lowest BCUT2D eigenvalue weighted by molar-refractivity contribution is -0.122. The summed E-state index contributed by atoms with van der Waals surface area (Å²) in [6.45, 7) is 6.67. The molecule has 1 saturated carbocycles. The Bertz CT molecular complexity index is 244. The Labute approximate surface area is 104 Å². The summed E-state index contributed by atoms with van der Waals surface area (Å²) in [5.74, 6) is 4.91. The summed E-state index contributed by atoms with van der Waals surface area (Å²) in [6, 6.07) is 0. The molecule has 0 bridgehead atoms. The number of ether oxygens (including phenoxy) is 1. The predicted molar refractivity (Wildman–Crippen MR) is 68.1 cm³/mol. The van der Waals surface area contributed by atoms with Gasteiger partial charge in [-0.05, 0) is 44.4 Å². The molecule has 17 heavy (non-hydrogen) atoms. The average molecular weight is 242 g/mol. The number of nitrogens with two attached hydrogens (primary N) is 1. The molecule has 0 spiro atoms. The number of rotatable bonds is 5. The lowest BCUT2D eigenvalue weighted by atomic mass is 9.76. The van der Waals surface area contributed by atoms with Crippen LogP contribution in [0.1, 0.15) is 59.3 Å². The van der Waals surface area contributed by atoms with Gasteiger partial charge in [-0.15, -0.1) is 0 Å². The van der Waals surface area contributed by atoms with Crippen molar-refractivity contribution in [1.29, 1.82) is 0 Å².